The number of ether oxygens (including phenoxy) is 1. The van der Waals surface area contributed by atoms with E-state index in [2.05, 4.69) is 15.3 Å². The Hall–Kier alpha value is -2.89. The number of carbonyl (C=O) groups excluding carboxylic acids is 1. The van der Waals surface area contributed by atoms with E-state index in [0.29, 0.717) is 11.3 Å². The molecule has 2 N–H and O–H groups in total. The van der Waals surface area contributed by atoms with Gasteiger partial charge in [-0.3, -0.25) is 4.79 Å². The zero-order valence-electron chi connectivity index (χ0n) is 12.8. The zero-order chi connectivity index (χ0) is 16.4. The average Bonchev–Trinajstić information content (AvgIpc) is 2.97. The summed E-state index contributed by atoms with van der Waals surface area (Å²) in [6, 6.07) is 9.47. The molecule has 0 aliphatic rings. The van der Waals surface area contributed by atoms with Crippen LogP contribution in [-0.4, -0.2) is 22.0 Å². The average molecular weight is 313 g/mol. The third kappa shape index (κ3) is 3.31. The molecule has 3 rings (SSSR count). The number of benzene rings is 2. The molecule has 0 fully saturated rings. The van der Waals surface area contributed by atoms with Crippen LogP contribution in [0.25, 0.3) is 11.0 Å². The number of hydrogen-bond acceptors (Lipinski definition) is 3. The quantitative estimate of drug-likeness (QED) is 0.771. The van der Waals surface area contributed by atoms with Crippen LogP contribution in [0.1, 0.15) is 24.2 Å². The molecule has 1 heterocycles. The van der Waals surface area contributed by atoms with E-state index in [-0.39, 0.29) is 17.8 Å². The molecule has 0 unspecified atom stereocenters. The highest BCUT2D eigenvalue weighted by molar-refractivity contribution is 6.05. The second kappa shape index (κ2) is 6.08. The predicted octanol–water partition coefficient (Wildman–Crippen LogP) is 3.74. The summed E-state index contributed by atoms with van der Waals surface area (Å²) in [5, 5.41) is 2.67. The molecular formula is C17H16FN3O2. The molecule has 118 valence electrons. The molecule has 6 heteroatoms. The Kier molecular flexibility index (Phi) is 3.97. The number of halogens is 1. The summed E-state index contributed by atoms with van der Waals surface area (Å²) >= 11 is 0. The molecule has 0 saturated heterocycles. The lowest BCUT2D eigenvalue weighted by Gasteiger charge is -2.12. The monoisotopic (exact) mass is 313 g/mol. The number of aromatic amines is 1. The smallest absolute Gasteiger partial charge is 0.255 e. The number of carbonyl (C=O) groups is 1. The molecule has 0 bridgehead atoms. The van der Waals surface area contributed by atoms with Crippen molar-refractivity contribution in [2.24, 2.45) is 0 Å². The summed E-state index contributed by atoms with van der Waals surface area (Å²) < 4.78 is 19.3. The van der Waals surface area contributed by atoms with Gasteiger partial charge < -0.3 is 15.0 Å². The van der Waals surface area contributed by atoms with Crippen LogP contribution < -0.4 is 10.1 Å². The van der Waals surface area contributed by atoms with Crippen LogP contribution >= 0.6 is 0 Å². The standard InChI is InChI=1S/C17H16FN3O2/c1-10(2)23-16-6-4-12(8-13(16)18)21-17(22)11-3-5-14-15(7-11)20-9-19-14/h3-10H,1-2H3,(H,19,20)(H,21,22). The van der Waals surface area contributed by atoms with Crippen molar-refractivity contribution in [3.63, 3.8) is 0 Å². The number of amides is 1. The highest BCUT2D eigenvalue weighted by Gasteiger charge is 2.11. The van der Waals surface area contributed by atoms with Crippen LogP contribution in [0.5, 0.6) is 5.75 Å². The van der Waals surface area contributed by atoms with E-state index in [1.54, 1.807) is 30.6 Å². The first-order valence-corrected chi connectivity index (χ1v) is 7.23. The molecule has 1 amide bonds. The minimum atomic E-state index is -0.513. The second-order valence-corrected chi connectivity index (χ2v) is 5.40. The lowest BCUT2D eigenvalue weighted by atomic mass is 10.2. The Morgan fingerprint density at radius 1 is 1.26 bits per heavy atom. The van der Waals surface area contributed by atoms with Gasteiger partial charge in [0.05, 0.1) is 23.5 Å². The Morgan fingerprint density at radius 3 is 2.83 bits per heavy atom. The number of aromatic nitrogens is 2. The summed E-state index contributed by atoms with van der Waals surface area (Å²) in [6.07, 6.45) is 1.45. The first-order chi connectivity index (χ1) is 11.0. The number of anilines is 1. The molecule has 2 aromatic carbocycles. The Morgan fingerprint density at radius 2 is 2.09 bits per heavy atom. The first-order valence-electron chi connectivity index (χ1n) is 7.23. The SMILES string of the molecule is CC(C)Oc1ccc(NC(=O)c2ccc3nc[nH]c3c2)cc1F. The van der Waals surface area contributed by atoms with Gasteiger partial charge >= 0.3 is 0 Å². The Bertz CT molecular complexity index is 858. The predicted molar refractivity (Wildman–Crippen MR) is 86.2 cm³/mol. The van der Waals surface area contributed by atoms with Crippen molar-refractivity contribution in [2.45, 2.75) is 20.0 Å². The fourth-order valence-corrected chi connectivity index (χ4v) is 2.21. The molecule has 1 aromatic heterocycles. The van der Waals surface area contributed by atoms with Crippen LogP contribution in [0, 0.1) is 5.82 Å². The van der Waals surface area contributed by atoms with Crippen molar-refractivity contribution >= 4 is 22.6 Å². The molecule has 23 heavy (non-hydrogen) atoms. The number of nitrogens with one attached hydrogen (secondary N) is 2. The topological polar surface area (TPSA) is 67.0 Å². The van der Waals surface area contributed by atoms with Crippen molar-refractivity contribution in [1.29, 1.82) is 0 Å². The number of nitrogens with zero attached hydrogens (tertiary/aromatic N) is 1. The third-order valence-corrected chi connectivity index (χ3v) is 3.23. The lowest BCUT2D eigenvalue weighted by Crippen LogP contribution is -2.12. The molecule has 3 aromatic rings. The van der Waals surface area contributed by atoms with E-state index in [9.17, 15) is 9.18 Å². The molecule has 0 aliphatic heterocycles. The van der Waals surface area contributed by atoms with Gasteiger partial charge in [0, 0.05) is 17.3 Å². The third-order valence-electron chi connectivity index (χ3n) is 3.23. The first kappa shape index (κ1) is 15.0. The van der Waals surface area contributed by atoms with Crippen LogP contribution in [0.3, 0.4) is 0 Å². The Balaban J connectivity index is 1.78. The van der Waals surface area contributed by atoms with Gasteiger partial charge in [0.1, 0.15) is 0 Å². The number of imidazole rings is 1. The van der Waals surface area contributed by atoms with Crippen molar-refractivity contribution in [3.05, 3.63) is 54.1 Å². The maximum Gasteiger partial charge on any atom is 0.255 e. The molecule has 0 atom stereocenters. The summed E-state index contributed by atoms with van der Waals surface area (Å²) in [7, 11) is 0. The van der Waals surface area contributed by atoms with Crippen molar-refractivity contribution < 1.29 is 13.9 Å². The van der Waals surface area contributed by atoms with Gasteiger partial charge in [0.15, 0.2) is 11.6 Å². The van der Waals surface area contributed by atoms with E-state index in [0.717, 1.165) is 11.0 Å². The molecule has 0 spiro atoms. The van der Waals surface area contributed by atoms with Crippen molar-refractivity contribution in [1.82, 2.24) is 9.97 Å². The highest BCUT2D eigenvalue weighted by atomic mass is 19.1. The van der Waals surface area contributed by atoms with Gasteiger partial charge in [-0.15, -0.1) is 0 Å². The summed E-state index contributed by atoms with van der Waals surface area (Å²) in [5.41, 5.74) is 2.38. The van der Waals surface area contributed by atoms with Crippen LogP contribution in [0.15, 0.2) is 42.7 Å². The van der Waals surface area contributed by atoms with Gasteiger partial charge in [-0.25, -0.2) is 9.37 Å². The van der Waals surface area contributed by atoms with Crippen molar-refractivity contribution in [3.8, 4) is 5.75 Å². The van der Waals surface area contributed by atoms with E-state index in [4.69, 9.17) is 4.74 Å². The number of hydrogen-bond donors (Lipinski definition) is 2. The maximum absolute atomic E-state index is 13.9. The van der Waals surface area contributed by atoms with Crippen LogP contribution in [0.2, 0.25) is 0 Å². The maximum atomic E-state index is 13.9. The summed E-state index contributed by atoms with van der Waals surface area (Å²) in [5.74, 6) is -0.671. The van der Waals surface area contributed by atoms with Gasteiger partial charge in [-0.1, -0.05) is 0 Å². The Labute approximate surface area is 132 Å². The molecule has 5 nitrogen and oxygen atoms in total. The van der Waals surface area contributed by atoms with Gasteiger partial charge in [-0.2, -0.15) is 0 Å². The number of fused-ring (bicyclic) bond motifs is 1. The fourth-order valence-electron chi connectivity index (χ4n) is 2.21. The minimum Gasteiger partial charge on any atom is -0.488 e. The molecule has 0 saturated carbocycles. The fraction of sp³-hybridized carbons (Fsp3) is 0.176. The largest absolute Gasteiger partial charge is 0.488 e. The van der Waals surface area contributed by atoms with Crippen molar-refractivity contribution in [2.75, 3.05) is 5.32 Å². The normalized spacial score (nSPS) is 11.0. The molecule has 0 radical (unpaired) electrons. The number of H-pyrrole nitrogens is 1. The van der Waals surface area contributed by atoms with Crippen LogP contribution in [-0.2, 0) is 0 Å². The summed E-state index contributed by atoms with van der Waals surface area (Å²) in [4.78, 5) is 19.3. The number of rotatable bonds is 4. The lowest BCUT2D eigenvalue weighted by molar-refractivity contribution is 0.102. The van der Waals surface area contributed by atoms with Gasteiger partial charge in [0.2, 0.25) is 0 Å². The van der Waals surface area contributed by atoms with Gasteiger partial charge in [-0.05, 0) is 44.2 Å². The van der Waals surface area contributed by atoms with E-state index in [1.165, 1.54) is 12.1 Å². The molecule has 0 aliphatic carbocycles. The zero-order valence-corrected chi connectivity index (χ0v) is 12.8. The molecular weight excluding hydrogens is 297 g/mol. The van der Waals surface area contributed by atoms with Crippen LogP contribution in [0.4, 0.5) is 10.1 Å². The van der Waals surface area contributed by atoms with E-state index in [1.807, 2.05) is 13.8 Å². The van der Waals surface area contributed by atoms with Gasteiger partial charge in [0.25, 0.3) is 5.91 Å². The second-order valence-electron chi connectivity index (χ2n) is 5.40. The summed E-state index contributed by atoms with van der Waals surface area (Å²) in [6.45, 7) is 3.64. The van der Waals surface area contributed by atoms with E-state index >= 15 is 0 Å². The highest BCUT2D eigenvalue weighted by Crippen LogP contribution is 2.23. The van der Waals surface area contributed by atoms with E-state index < -0.39 is 5.82 Å². The minimum absolute atomic E-state index is 0.119.